The second kappa shape index (κ2) is 9.64. The molecule has 1 unspecified atom stereocenters. The quantitative estimate of drug-likeness (QED) is 0.539. The first-order valence-corrected chi connectivity index (χ1v) is 9.25. The van der Waals surface area contributed by atoms with E-state index in [1.165, 1.54) is 11.1 Å². The molecule has 0 bridgehead atoms. The molecule has 0 saturated heterocycles. The van der Waals surface area contributed by atoms with Crippen molar-refractivity contribution in [3.63, 3.8) is 0 Å². The van der Waals surface area contributed by atoms with Gasteiger partial charge in [-0.1, -0.05) is 88.4 Å². The molecule has 0 radical (unpaired) electrons. The molecule has 0 aliphatic carbocycles. The Kier molecular flexibility index (Phi) is 7.52. The lowest BCUT2D eigenvalue weighted by molar-refractivity contribution is -0.0251. The maximum absolute atomic E-state index is 6.43. The Labute approximate surface area is 148 Å². The summed E-state index contributed by atoms with van der Waals surface area (Å²) in [6.07, 6.45) is 2.50. The Morgan fingerprint density at radius 2 is 1.29 bits per heavy atom. The fraction of sp³-hybridized carbons (Fsp3) is 0.478. The molecule has 0 aromatic heterocycles. The highest BCUT2D eigenvalue weighted by Gasteiger charge is 2.26. The summed E-state index contributed by atoms with van der Waals surface area (Å²) in [7, 11) is 0. The van der Waals surface area contributed by atoms with Gasteiger partial charge in [-0.3, -0.25) is 0 Å². The second-order valence-corrected chi connectivity index (χ2v) is 7.56. The van der Waals surface area contributed by atoms with E-state index in [1.54, 1.807) is 0 Å². The van der Waals surface area contributed by atoms with E-state index in [0.29, 0.717) is 30.5 Å². The van der Waals surface area contributed by atoms with Gasteiger partial charge in [-0.15, -0.1) is 0 Å². The van der Waals surface area contributed by atoms with Crippen molar-refractivity contribution < 1.29 is 4.74 Å². The number of hydrogen-bond donors (Lipinski definition) is 0. The molecule has 0 saturated carbocycles. The lowest BCUT2D eigenvalue weighted by Gasteiger charge is -2.32. The average molecular weight is 325 g/mol. The zero-order chi connectivity index (χ0) is 17.4. The summed E-state index contributed by atoms with van der Waals surface area (Å²) in [4.78, 5) is 0. The first-order chi connectivity index (χ1) is 11.6. The van der Waals surface area contributed by atoms with E-state index in [4.69, 9.17) is 4.74 Å². The Hall–Kier alpha value is -1.60. The van der Waals surface area contributed by atoms with Crippen LogP contribution in [0.4, 0.5) is 0 Å². The van der Waals surface area contributed by atoms with Crippen LogP contribution in [-0.4, -0.2) is 6.10 Å². The van der Waals surface area contributed by atoms with Crippen LogP contribution in [0.1, 0.15) is 45.2 Å². The molecule has 24 heavy (non-hydrogen) atoms. The molecule has 1 heteroatoms. The number of rotatable bonds is 9. The van der Waals surface area contributed by atoms with Crippen LogP contribution in [0.2, 0.25) is 0 Å². The molecule has 0 spiro atoms. The van der Waals surface area contributed by atoms with E-state index in [0.717, 1.165) is 12.8 Å². The van der Waals surface area contributed by atoms with E-state index >= 15 is 0 Å². The summed E-state index contributed by atoms with van der Waals surface area (Å²) in [6.45, 7) is 9.94. The Balaban J connectivity index is 2.09. The van der Waals surface area contributed by atoms with Gasteiger partial charge in [0, 0.05) is 0 Å². The molecule has 130 valence electrons. The molecule has 0 fully saturated rings. The number of ether oxygens (including phenoxy) is 1. The van der Waals surface area contributed by atoms with Crippen molar-refractivity contribution in [2.45, 2.75) is 53.2 Å². The van der Waals surface area contributed by atoms with Crippen molar-refractivity contribution in [2.24, 2.45) is 17.8 Å². The van der Waals surface area contributed by atoms with Gasteiger partial charge in [0.05, 0.1) is 12.7 Å². The van der Waals surface area contributed by atoms with Crippen LogP contribution < -0.4 is 0 Å². The highest BCUT2D eigenvalue weighted by atomic mass is 16.5. The SMILES string of the molecule is CC(C)CC(OCc1ccccc1)[C@H](Cc1ccccc1)C(C)C. The van der Waals surface area contributed by atoms with Crippen molar-refractivity contribution in [2.75, 3.05) is 0 Å². The maximum Gasteiger partial charge on any atom is 0.0720 e. The largest absolute Gasteiger partial charge is 0.373 e. The van der Waals surface area contributed by atoms with E-state index in [1.807, 2.05) is 0 Å². The Bertz CT molecular complexity index is 559. The van der Waals surface area contributed by atoms with Gasteiger partial charge in [-0.25, -0.2) is 0 Å². The third-order valence-corrected chi connectivity index (χ3v) is 4.66. The van der Waals surface area contributed by atoms with Crippen molar-refractivity contribution in [1.29, 1.82) is 0 Å². The van der Waals surface area contributed by atoms with E-state index in [-0.39, 0.29) is 0 Å². The van der Waals surface area contributed by atoms with Crippen molar-refractivity contribution >= 4 is 0 Å². The summed E-state index contributed by atoms with van der Waals surface area (Å²) < 4.78 is 6.43. The normalized spacial score (nSPS) is 14.1. The average Bonchev–Trinajstić information content (AvgIpc) is 2.58. The molecular formula is C23H32O. The number of hydrogen-bond acceptors (Lipinski definition) is 1. The fourth-order valence-electron chi connectivity index (χ4n) is 3.29. The lowest BCUT2D eigenvalue weighted by Crippen LogP contribution is -2.31. The predicted octanol–water partition coefficient (Wildman–Crippen LogP) is 6.13. The van der Waals surface area contributed by atoms with Crippen LogP contribution in [0.25, 0.3) is 0 Å². The van der Waals surface area contributed by atoms with Gasteiger partial charge < -0.3 is 4.74 Å². The first-order valence-electron chi connectivity index (χ1n) is 9.25. The van der Waals surface area contributed by atoms with Crippen LogP contribution >= 0.6 is 0 Å². The zero-order valence-electron chi connectivity index (χ0n) is 15.6. The highest BCUT2D eigenvalue weighted by Crippen LogP contribution is 2.28. The van der Waals surface area contributed by atoms with Gasteiger partial charge in [0.1, 0.15) is 0 Å². The second-order valence-electron chi connectivity index (χ2n) is 7.56. The topological polar surface area (TPSA) is 9.23 Å². The summed E-state index contributed by atoms with van der Waals surface area (Å²) in [6, 6.07) is 21.3. The molecule has 2 atom stereocenters. The Morgan fingerprint density at radius 1 is 0.750 bits per heavy atom. The minimum absolute atomic E-state index is 0.297. The van der Waals surface area contributed by atoms with Gasteiger partial charge in [0.2, 0.25) is 0 Å². The number of benzene rings is 2. The zero-order valence-corrected chi connectivity index (χ0v) is 15.6. The van der Waals surface area contributed by atoms with Gasteiger partial charge in [-0.2, -0.15) is 0 Å². The van der Waals surface area contributed by atoms with Gasteiger partial charge in [0.15, 0.2) is 0 Å². The van der Waals surface area contributed by atoms with Gasteiger partial charge >= 0.3 is 0 Å². The smallest absolute Gasteiger partial charge is 0.0720 e. The third kappa shape index (κ3) is 6.13. The maximum atomic E-state index is 6.43. The molecular weight excluding hydrogens is 292 g/mol. The molecule has 2 rings (SSSR count). The van der Waals surface area contributed by atoms with Crippen molar-refractivity contribution in [3.8, 4) is 0 Å². The summed E-state index contributed by atoms with van der Waals surface area (Å²) in [5, 5.41) is 0. The summed E-state index contributed by atoms with van der Waals surface area (Å²) in [5.41, 5.74) is 2.67. The van der Waals surface area contributed by atoms with E-state index < -0.39 is 0 Å². The molecule has 0 N–H and O–H groups in total. The van der Waals surface area contributed by atoms with Crippen LogP contribution in [0.3, 0.4) is 0 Å². The van der Waals surface area contributed by atoms with Gasteiger partial charge in [0.25, 0.3) is 0 Å². The molecule has 0 amide bonds. The van der Waals surface area contributed by atoms with Crippen molar-refractivity contribution in [3.05, 3.63) is 71.8 Å². The fourth-order valence-corrected chi connectivity index (χ4v) is 3.29. The third-order valence-electron chi connectivity index (χ3n) is 4.66. The van der Waals surface area contributed by atoms with Crippen molar-refractivity contribution in [1.82, 2.24) is 0 Å². The summed E-state index contributed by atoms with van der Waals surface area (Å²) in [5.74, 6) is 1.78. The Morgan fingerprint density at radius 3 is 1.79 bits per heavy atom. The molecule has 2 aromatic carbocycles. The standard InChI is InChI=1S/C23H32O/c1-18(2)15-23(24-17-21-13-9-6-10-14-21)22(19(3)4)16-20-11-7-5-8-12-20/h5-14,18-19,22-23H,15-17H2,1-4H3/t22-,23?/m1/s1. The molecule has 0 heterocycles. The lowest BCUT2D eigenvalue weighted by atomic mass is 9.81. The minimum atomic E-state index is 0.297. The monoisotopic (exact) mass is 324 g/mol. The van der Waals surface area contributed by atoms with Crippen LogP contribution in [0.5, 0.6) is 0 Å². The van der Waals surface area contributed by atoms with E-state index in [2.05, 4.69) is 88.4 Å². The highest BCUT2D eigenvalue weighted by molar-refractivity contribution is 5.16. The molecule has 2 aromatic rings. The van der Waals surface area contributed by atoms with Crippen LogP contribution in [-0.2, 0) is 17.8 Å². The first kappa shape index (κ1) is 18.7. The molecule has 0 aliphatic heterocycles. The van der Waals surface area contributed by atoms with Crippen LogP contribution in [0.15, 0.2) is 60.7 Å². The van der Waals surface area contributed by atoms with Gasteiger partial charge in [-0.05, 0) is 41.7 Å². The van der Waals surface area contributed by atoms with Crippen LogP contribution in [0, 0.1) is 17.8 Å². The molecule has 1 nitrogen and oxygen atoms in total. The molecule has 0 aliphatic rings. The minimum Gasteiger partial charge on any atom is -0.373 e. The summed E-state index contributed by atoms with van der Waals surface area (Å²) >= 11 is 0. The van der Waals surface area contributed by atoms with E-state index in [9.17, 15) is 0 Å². The predicted molar refractivity (Wildman–Crippen MR) is 103 cm³/mol.